The second-order valence-corrected chi connectivity index (χ2v) is 7.12. The highest BCUT2D eigenvalue weighted by Crippen LogP contribution is 2.30. The SMILES string of the molecule is Cc1ccc(/C(C#N)=C\c2c(C)n(Cc3ccccc3)c3ccccc23)cc1. The van der Waals surface area contributed by atoms with Crippen LogP contribution in [0.3, 0.4) is 0 Å². The van der Waals surface area contributed by atoms with Crippen molar-refractivity contribution in [3.63, 3.8) is 0 Å². The number of aromatic nitrogens is 1. The fourth-order valence-corrected chi connectivity index (χ4v) is 3.67. The Bertz CT molecular complexity index is 1190. The Morgan fingerprint density at radius 2 is 1.57 bits per heavy atom. The third kappa shape index (κ3) is 3.35. The van der Waals surface area contributed by atoms with Crippen LogP contribution in [0.15, 0.2) is 78.9 Å². The predicted octanol–water partition coefficient (Wildman–Crippen LogP) is 6.37. The van der Waals surface area contributed by atoms with Crippen molar-refractivity contribution in [1.82, 2.24) is 4.57 Å². The minimum atomic E-state index is 0.686. The molecule has 0 bridgehead atoms. The lowest BCUT2D eigenvalue weighted by Crippen LogP contribution is -2.01. The molecule has 0 aliphatic rings. The summed E-state index contributed by atoms with van der Waals surface area (Å²) in [6, 6.07) is 29.4. The van der Waals surface area contributed by atoms with Crippen molar-refractivity contribution in [1.29, 1.82) is 5.26 Å². The lowest BCUT2D eigenvalue weighted by molar-refractivity contribution is 0.804. The van der Waals surface area contributed by atoms with Gasteiger partial charge in [-0.2, -0.15) is 5.26 Å². The third-order valence-electron chi connectivity index (χ3n) is 5.23. The van der Waals surface area contributed by atoms with Gasteiger partial charge in [0.25, 0.3) is 0 Å². The number of rotatable bonds is 4. The van der Waals surface area contributed by atoms with Crippen LogP contribution >= 0.6 is 0 Å². The summed E-state index contributed by atoms with van der Waals surface area (Å²) in [6.07, 6.45) is 2.03. The maximum absolute atomic E-state index is 9.79. The molecule has 4 aromatic rings. The second kappa shape index (κ2) is 7.58. The lowest BCUT2D eigenvalue weighted by atomic mass is 10.0. The van der Waals surface area contributed by atoms with Crippen molar-refractivity contribution in [2.75, 3.05) is 0 Å². The van der Waals surface area contributed by atoms with E-state index in [1.54, 1.807) is 0 Å². The van der Waals surface area contributed by atoms with E-state index < -0.39 is 0 Å². The summed E-state index contributed by atoms with van der Waals surface area (Å²) in [5.74, 6) is 0. The second-order valence-electron chi connectivity index (χ2n) is 7.12. The highest BCUT2D eigenvalue weighted by Gasteiger charge is 2.14. The number of hydrogen-bond acceptors (Lipinski definition) is 1. The van der Waals surface area contributed by atoms with Crippen molar-refractivity contribution in [2.24, 2.45) is 0 Å². The third-order valence-corrected chi connectivity index (χ3v) is 5.23. The van der Waals surface area contributed by atoms with Crippen LogP contribution in [-0.2, 0) is 6.54 Å². The highest BCUT2D eigenvalue weighted by molar-refractivity contribution is 5.99. The maximum atomic E-state index is 9.79. The van der Waals surface area contributed by atoms with Crippen LogP contribution in [0.5, 0.6) is 0 Å². The monoisotopic (exact) mass is 362 g/mol. The van der Waals surface area contributed by atoms with Crippen LogP contribution in [0.1, 0.15) is 27.9 Å². The minimum Gasteiger partial charge on any atom is -0.340 e. The largest absolute Gasteiger partial charge is 0.340 e. The van der Waals surface area contributed by atoms with Gasteiger partial charge in [-0.1, -0.05) is 78.4 Å². The number of nitriles is 1. The Morgan fingerprint density at radius 3 is 2.29 bits per heavy atom. The van der Waals surface area contributed by atoms with E-state index in [1.807, 2.05) is 36.4 Å². The molecule has 0 aliphatic heterocycles. The molecule has 0 unspecified atom stereocenters. The van der Waals surface area contributed by atoms with Crippen LogP contribution in [0.25, 0.3) is 22.6 Å². The Balaban J connectivity index is 1.86. The van der Waals surface area contributed by atoms with Gasteiger partial charge in [-0.15, -0.1) is 0 Å². The van der Waals surface area contributed by atoms with Gasteiger partial charge in [0, 0.05) is 28.7 Å². The smallest absolute Gasteiger partial charge is 0.0998 e. The topological polar surface area (TPSA) is 28.7 Å². The van der Waals surface area contributed by atoms with E-state index in [0.717, 1.165) is 17.7 Å². The molecule has 2 heteroatoms. The normalized spacial score (nSPS) is 11.5. The fourth-order valence-electron chi connectivity index (χ4n) is 3.67. The molecule has 0 fully saturated rings. The lowest BCUT2D eigenvalue weighted by Gasteiger charge is -2.09. The fraction of sp³-hybridized carbons (Fsp3) is 0.115. The van der Waals surface area contributed by atoms with Crippen molar-refractivity contribution in [2.45, 2.75) is 20.4 Å². The Labute approximate surface area is 166 Å². The summed E-state index contributed by atoms with van der Waals surface area (Å²) in [5, 5.41) is 11.0. The summed E-state index contributed by atoms with van der Waals surface area (Å²) in [4.78, 5) is 0. The average molecular weight is 362 g/mol. The molecule has 0 saturated heterocycles. The quantitative estimate of drug-likeness (QED) is 0.388. The number of allylic oxidation sites excluding steroid dienone is 1. The molecule has 3 aromatic carbocycles. The molecule has 0 aliphatic carbocycles. The van der Waals surface area contributed by atoms with Crippen LogP contribution in [0, 0.1) is 25.2 Å². The zero-order chi connectivity index (χ0) is 19.5. The molecule has 0 spiro atoms. The maximum Gasteiger partial charge on any atom is 0.0998 e. The van der Waals surface area contributed by atoms with E-state index in [-0.39, 0.29) is 0 Å². The van der Waals surface area contributed by atoms with Gasteiger partial charge in [-0.25, -0.2) is 0 Å². The van der Waals surface area contributed by atoms with Crippen LogP contribution in [-0.4, -0.2) is 4.57 Å². The van der Waals surface area contributed by atoms with Gasteiger partial charge in [0.15, 0.2) is 0 Å². The zero-order valence-corrected chi connectivity index (χ0v) is 16.2. The number of fused-ring (bicyclic) bond motifs is 1. The molecule has 28 heavy (non-hydrogen) atoms. The summed E-state index contributed by atoms with van der Waals surface area (Å²) in [5.41, 5.74) is 7.57. The van der Waals surface area contributed by atoms with Crippen molar-refractivity contribution in [3.05, 3.63) is 107 Å². The van der Waals surface area contributed by atoms with Gasteiger partial charge in [-0.3, -0.25) is 0 Å². The average Bonchev–Trinajstić information content (AvgIpc) is 2.99. The molecule has 2 nitrogen and oxygen atoms in total. The number of para-hydroxylation sites is 1. The molecule has 1 heterocycles. The van der Waals surface area contributed by atoms with E-state index in [2.05, 4.69) is 73.0 Å². The first kappa shape index (κ1) is 17.8. The van der Waals surface area contributed by atoms with Crippen molar-refractivity contribution >= 4 is 22.6 Å². The van der Waals surface area contributed by atoms with Gasteiger partial charge < -0.3 is 4.57 Å². The Kier molecular flexibility index (Phi) is 4.83. The predicted molar refractivity (Wildman–Crippen MR) is 117 cm³/mol. The molecule has 0 atom stereocenters. The van der Waals surface area contributed by atoms with E-state index in [9.17, 15) is 5.26 Å². The van der Waals surface area contributed by atoms with Crippen molar-refractivity contribution in [3.8, 4) is 6.07 Å². The number of nitrogens with zero attached hydrogens (tertiary/aromatic N) is 2. The first-order valence-corrected chi connectivity index (χ1v) is 9.48. The molecule has 0 amide bonds. The van der Waals surface area contributed by atoms with E-state index in [0.29, 0.717) is 5.57 Å². The van der Waals surface area contributed by atoms with E-state index >= 15 is 0 Å². The van der Waals surface area contributed by atoms with Crippen LogP contribution < -0.4 is 0 Å². The number of benzene rings is 3. The first-order valence-electron chi connectivity index (χ1n) is 9.48. The van der Waals surface area contributed by atoms with Crippen LogP contribution in [0.2, 0.25) is 0 Å². The summed E-state index contributed by atoms with van der Waals surface area (Å²) in [7, 11) is 0. The van der Waals surface area contributed by atoms with Crippen molar-refractivity contribution < 1.29 is 0 Å². The van der Waals surface area contributed by atoms with Gasteiger partial charge in [-0.05, 0) is 37.1 Å². The summed E-state index contributed by atoms with van der Waals surface area (Å²) < 4.78 is 2.33. The van der Waals surface area contributed by atoms with Gasteiger partial charge >= 0.3 is 0 Å². The molecular formula is C26H22N2. The molecule has 0 N–H and O–H groups in total. The Hall–Kier alpha value is -3.57. The van der Waals surface area contributed by atoms with Crippen LogP contribution in [0.4, 0.5) is 0 Å². The Morgan fingerprint density at radius 1 is 0.893 bits per heavy atom. The van der Waals surface area contributed by atoms with Gasteiger partial charge in [0.2, 0.25) is 0 Å². The zero-order valence-electron chi connectivity index (χ0n) is 16.2. The standard InChI is InChI=1S/C26H22N2/c1-19-12-14-22(15-13-19)23(17-27)16-25-20(2)28(18-21-8-4-3-5-9-21)26-11-7-6-10-24(25)26/h3-16H,18H2,1-2H3/b23-16-. The minimum absolute atomic E-state index is 0.686. The number of hydrogen-bond donors (Lipinski definition) is 0. The van der Waals surface area contributed by atoms with E-state index in [4.69, 9.17) is 0 Å². The number of aryl methyl sites for hydroxylation is 1. The van der Waals surface area contributed by atoms with Gasteiger partial charge in [0.05, 0.1) is 11.6 Å². The first-order chi connectivity index (χ1) is 13.7. The summed E-state index contributed by atoms with van der Waals surface area (Å²) in [6.45, 7) is 5.01. The summed E-state index contributed by atoms with van der Waals surface area (Å²) >= 11 is 0. The molecule has 4 rings (SSSR count). The molecule has 0 radical (unpaired) electrons. The highest BCUT2D eigenvalue weighted by atomic mass is 15.0. The molecule has 136 valence electrons. The molecular weight excluding hydrogens is 340 g/mol. The molecule has 0 saturated carbocycles. The van der Waals surface area contributed by atoms with E-state index in [1.165, 1.54) is 27.7 Å². The molecule has 1 aromatic heterocycles. The van der Waals surface area contributed by atoms with Gasteiger partial charge in [0.1, 0.15) is 0 Å².